The van der Waals surface area contributed by atoms with Crippen LogP contribution in [0.3, 0.4) is 0 Å². The van der Waals surface area contributed by atoms with Gasteiger partial charge in [-0.1, -0.05) is 18.5 Å². The van der Waals surface area contributed by atoms with Crippen LogP contribution in [0.1, 0.15) is 50.9 Å². The molecule has 1 aromatic rings. The van der Waals surface area contributed by atoms with Gasteiger partial charge in [-0.25, -0.2) is 8.78 Å². The maximum atomic E-state index is 13.2. The normalized spacial score (nSPS) is 20.7. The molecule has 0 aliphatic heterocycles. The predicted molar refractivity (Wildman–Crippen MR) is 80.9 cm³/mol. The fraction of sp³-hybridized carbons (Fsp3) is 0.800. The summed E-state index contributed by atoms with van der Waals surface area (Å²) in [6.07, 6.45) is 2.28. The van der Waals surface area contributed by atoms with Crippen molar-refractivity contribution in [3.8, 4) is 0 Å². The molecule has 0 bridgehead atoms. The van der Waals surface area contributed by atoms with Crippen LogP contribution in [0.2, 0.25) is 5.02 Å². The third-order valence-corrected chi connectivity index (χ3v) is 4.93. The molecule has 21 heavy (non-hydrogen) atoms. The number of alkyl halides is 2. The highest BCUT2D eigenvalue weighted by Crippen LogP contribution is 2.38. The van der Waals surface area contributed by atoms with Gasteiger partial charge in [0, 0.05) is 31.8 Å². The van der Waals surface area contributed by atoms with Crippen molar-refractivity contribution in [1.29, 1.82) is 0 Å². The first-order valence-electron chi connectivity index (χ1n) is 7.75. The molecule has 0 aromatic carbocycles. The number of hydrogen-bond donors (Lipinski definition) is 1. The number of hydrogen-bond acceptors (Lipinski definition) is 2. The van der Waals surface area contributed by atoms with Gasteiger partial charge in [0.05, 0.1) is 16.4 Å². The fourth-order valence-corrected chi connectivity index (χ4v) is 3.44. The van der Waals surface area contributed by atoms with Gasteiger partial charge in [-0.3, -0.25) is 4.68 Å². The zero-order valence-corrected chi connectivity index (χ0v) is 13.5. The predicted octanol–water partition coefficient (Wildman–Crippen LogP) is 3.81. The molecule has 120 valence electrons. The van der Waals surface area contributed by atoms with E-state index in [9.17, 15) is 8.78 Å². The molecule has 1 heterocycles. The Bertz CT molecular complexity index is 478. The van der Waals surface area contributed by atoms with Gasteiger partial charge < -0.3 is 5.73 Å². The van der Waals surface area contributed by atoms with Crippen molar-refractivity contribution in [3.05, 3.63) is 16.4 Å². The van der Waals surface area contributed by atoms with Crippen LogP contribution >= 0.6 is 11.6 Å². The van der Waals surface area contributed by atoms with Crippen LogP contribution in [0, 0.1) is 5.92 Å². The second kappa shape index (κ2) is 6.61. The molecular weight excluding hydrogens is 296 g/mol. The lowest BCUT2D eigenvalue weighted by Gasteiger charge is -2.32. The summed E-state index contributed by atoms with van der Waals surface area (Å²) in [6, 6.07) is -0.134. The maximum absolute atomic E-state index is 13.2. The molecule has 0 spiro atoms. The van der Waals surface area contributed by atoms with Crippen molar-refractivity contribution in [2.75, 3.05) is 0 Å². The Morgan fingerprint density at radius 2 is 2.00 bits per heavy atom. The first-order chi connectivity index (χ1) is 9.88. The molecule has 1 aliphatic carbocycles. The molecule has 3 nitrogen and oxygen atoms in total. The second-order valence-electron chi connectivity index (χ2n) is 5.94. The Labute approximate surface area is 129 Å². The van der Waals surface area contributed by atoms with E-state index in [1.165, 1.54) is 0 Å². The highest BCUT2D eigenvalue weighted by atomic mass is 35.5. The maximum Gasteiger partial charge on any atom is 0.248 e. The molecule has 1 unspecified atom stereocenters. The van der Waals surface area contributed by atoms with E-state index in [-0.39, 0.29) is 24.8 Å². The lowest BCUT2D eigenvalue weighted by molar-refractivity contribution is -0.0482. The molecule has 1 saturated carbocycles. The van der Waals surface area contributed by atoms with Crippen molar-refractivity contribution >= 4 is 11.6 Å². The van der Waals surface area contributed by atoms with E-state index in [0.29, 0.717) is 24.3 Å². The van der Waals surface area contributed by atoms with Gasteiger partial charge in [-0.15, -0.1) is 0 Å². The standard InChI is InChI=1S/C15H24ClF2N3/c1-3-12-14(16)13(21(4-2)20-12)9-11(19)10-5-7-15(17,18)8-6-10/h10-11H,3-9,19H2,1-2H3. The topological polar surface area (TPSA) is 43.8 Å². The second-order valence-corrected chi connectivity index (χ2v) is 6.32. The quantitative estimate of drug-likeness (QED) is 0.896. The summed E-state index contributed by atoms with van der Waals surface area (Å²) in [4.78, 5) is 0. The zero-order chi connectivity index (χ0) is 15.6. The Hall–Kier alpha value is -0.680. The van der Waals surface area contributed by atoms with Crippen molar-refractivity contribution in [3.63, 3.8) is 0 Å². The van der Waals surface area contributed by atoms with E-state index in [2.05, 4.69) is 5.10 Å². The first kappa shape index (κ1) is 16.7. The molecule has 1 atom stereocenters. The van der Waals surface area contributed by atoms with Gasteiger partial charge in [-0.2, -0.15) is 5.10 Å². The minimum atomic E-state index is -2.51. The van der Waals surface area contributed by atoms with Crippen LogP contribution in [-0.4, -0.2) is 21.7 Å². The number of nitrogens with zero attached hydrogens (tertiary/aromatic N) is 2. The Kier molecular flexibility index (Phi) is 5.25. The zero-order valence-electron chi connectivity index (χ0n) is 12.7. The van der Waals surface area contributed by atoms with Crippen LogP contribution in [0.25, 0.3) is 0 Å². The molecule has 2 N–H and O–H groups in total. The Morgan fingerprint density at radius 3 is 2.52 bits per heavy atom. The van der Waals surface area contributed by atoms with Crippen LogP contribution in [0.5, 0.6) is 0 Å². The number of nitrogens with two attached hydrogens (primary N) is 1. The molecule has 1 fully saturated rings. The van der Waals surface area contributed by atoms with Gasteiger partial charge >= 0.3 is 0 Å². The summed E-state index contributed by atoms with van der Waals surface area (Å²) in [6.45, 7) is 4.77. The average molecular weight is 320 g/mol. The molecule has 1 aliphatic rings. The van der Waals surface area contributed by atoms with Crippen LogP contribution in [0.4, 0.5) is 8.78 Å². The van der Waals surface area contributed by atoms with E-state index in [1.807, 2.05) is 18.5 Å². The number of rotatable bonds is 5. The SMILES string of the molecule is CCc1nn(CC)c(CC(N)C2CCC(F)(F)CC2)c1Cl. The van der Waals surface area contributed by atoms with Gasteiger partial charge in [0.1, 0.15) is 0 Å². The fourth-order valence-electron chi connectivity index (χ4n) is 3.09. The third-order valence-electron chi connectivity index (χ3n) is 4.49. The van der Waals surface area contributed by atoms with Crippen LogP contribution in [-0.2, 0) is 19.4 Å². The molecule has 0 radical (unpaired) electrons. The summed E-state index contributed by atoms with van der Waals surface area (Å²) in [5.74, 6) is -2.36. The van der Waals surface area contributed by atoms with E-state index in [1.54, 1.807) is 0 Å². The first-order valence-corrected chi connectivity index (χ1v) is 8.13. The van der Waals surface area contributed by atoms with Gasteiger partial charge in [0.25, 0.3) is 0 Å². The number of aryl methyl sites for hydroxylation is 2. The molecule has 1 aromatic heterocycles. The minimum absolute atomic E-state index is 0.0493. The summed E-state index contributed by atoms with van der Waals surface area (Å²) in [7, 11) is 0. The number of halogens is 3. The third kappa shape index (κ3) is 3.75. The minimum Gasteiger partial charge on any atom is -0.327 e. The molecule has 0 amide bonds. The summed E-state index contributed by atoms with van der Waals surface area (Å²) < 4.78 is 28.3. The lowest BCUT2D eigenvalue weighted by Crippen LogP contribution is -2.38. The largest absolute Gasteiger partial charge is 0.327 e. The van der Waals surface area contributed by atoms with Crippen LogP contribution in [0.15, 0.2) is 0 Å². The van der Waals surface area contributed by atoms with Crippen molar-refractivity contribution in [2.24, 2.45) is 11.7 Å². The molecule has 2 rings (SSSR count). The van der Waals surface area contributed by atoms with E-state index >= 15 is 0 Å². The van der Waals surface area contributed by atoms with Crippen molar-refractivity contribution in [1.82, 2.24) is 9.78 Å². The van der Waals surface area contributed by atoms with Gasteiger partial charge in [0.15, 0.2) is 0 Å². The Morgan fingerprint density at radius 1 is 1.38 bits per heavy atom. The van der Waals surface area contributed by atoms with Crippen LogP contribution < -0.4 is 5.73 Å². The Balaban J connectivity index is 2.06. The molecule has 0 saturated heterocycles. The van der Waals surface area contributed by atoms with Gasteiger partial charge in [-0.05, 0) is 32.1 Å². The molecule has 6 heteroatoms. The lowest BCUT2D eigenvalue weighted by atomic mass is 9.81. The van der Waals surface area contributed by atoms with E-state index in [4.69, 9.17) is 17.3 Å². The van der Waals surface area contributed by atoms with Crippen molar-refractivity contribution < 1.29 is 8.78 Å². The summed E-state index contributed by atoms with van der Waals surface area (Å²) in [5.41, 5.74) is 8.10. The highest BCUT2D eigenvalue weighted by molar-refractivity contribution is 6.31. The number of aromatic nitrogens is 2. The van der Waals surface area contributed by atoms with Gasteiger partial charge in [0.2, 0.25) is 5.92 Å². The highest BCUT2D eigenvalue weighted by Gasteiger charge is 2.37. The van der Waals surface area contributed by atoms with Crippen molar-refractivity contribution in [2.45, 2.75) is 70.9 Å². The smallest absolute Gasteiger partial charge is 0.248 e. The monoisotopic (exact) mass is 319 g/mol. The molecular formula is C15H24ClF2N3. The summed E-state index contributed by atoms with van der Waals surface area (Å²) in [5, 5.41) is 5.17. The van der Waals surface area contributed by atoms with E-state index in [0.717, 1.165) is 24.4 Å². The van der Waals surface area contributed by atoms with E-state index < -0.39 is 5.92 Å². The average Bonchev–Trinajstić information content (AvgIpc) is 2.75. The summed E-state index contributed by atoms with van der Waals surface area (Å²) >= 11 is 6.38.